The van der Waals surface area contributed by atoms with E-state index < -0.39 is 18.0 Å². The van der Waals surface area contributed by atoms with Crippen molar-refractivity contribution in [3.63, 3.8) is 0 Å². The quantitative estimate of drug-likeness (QED) is 0.270. The zero-order valence-electron chi connectivity index (χ0n) is 22.6. The van der Waals surface area contributed by atoms with Crippen molar-refractivity contribution in [1.29, 1.82) is 0 Å². The van der Waals surface area contributed by atoms with Gasteiger partial charge >= 0.3 is 6.55 Å². The maximum atomic E-state index is 14.4. The molecule has 15 heteroatoms. The molecule has 6 rings (SSSR count). The number of alkyl halides is 2. The van der Waals surface area contributed by atoms with Gasteiger partial charge in [0.05, 0.1) is 17.6 Å². The highest BCUT2D eigenvalue weighted by Crippen LogP contribution is 2.37. The van der Waals surface area contributed by atoms with Crippen LogP contribution in [0, 0.1) is 5.92 Å². The SMILES string of the molecule is C[C@@H]1CCCCc2cc(ccn2)-c2c(c(-n3cnc(-c4cc(Cl)ccc4-n4cc(Cl)nn4)cc3=O)nn2C(F)F)NC1=O. The standard InChI is InChI=1S/C28H23Cl2F2N9O2/c1-15-4-2-3-5-18-10-16(8-9-33-18)25-24(35-27(15)43)26(37-41(25)28(31)32)39-14-34-20(12-23(39)42)19-11-17(29)6-7-21(19)40-13-22(30)36-38-40/h6-15,28H,2-5H2,1H3,(H,35,43)/t15-/m1/s1. The number of halogens is 4. The first kappa shape index (κ1) is 28.6. The molecule has 1 amide bonds. The van der Waals surface area contributed by atoms with Gasteiger partial charge in [-0.2, -0.15) is 13.5 Å². The van der Waals surface area contributed by atoms with Gasteiger partial charge < -0.3 is 5.32 Å². The van der Waals surface area contributed by atoms with Crippen molar-refractivity contribution in [2.75, 3.05) is 5.32 Å². The van der Waals surface area contributed by atoms with Crippen molar-refractivity contribution >= 4 is 34.8 Å². The van der Waals surface area contributed by atoms with Crippen molar-refractivity contribution < 1.29 is 13.6 Å². The second-order valence-electron chi connectivity index (χ2n) is 10.1. The molecule has 0 radical (unpaired) electrons. The van der Waals surface area contributed by atoms with E-state index in [0.717, 1.165) is 23.1 Å². The Labute approximate surface area is 253 Å². The molecule has 1 N–H and O–H groups in total. The number of aryl methyl sites for hydroxylation is 1. The Morgan fingerprint density at radius 2 is 1.91 bits per heavy atom. The molecule has 0 saturated carbocycles. The third-order valence-electron chi connectivity index (χ3n) is 7.17. The van der Waals surface area contributed by atoms with E-state index in [2.05, 4.69) is 30.7 Å². The number of hydrogen-bond acceptors (Lipinski definition) is 7. The van der Waals surface area contributed by atoms with E-state index in [1.165, 1.54) is 29.5 Å². The number of nitrogens with zero attached hydrogens (tertiary/aromatic N) is 8. The minimum Gasteiger partial charge on any atom is -0.321 e. The molecule has 0 aliphatic carbocycles. The van der Waals surface area contributed by atoms with Crippen LogP contribution in [0.25, 0.3) is 34.0 Å². The van der Waals surface area contributed by atoms with Crippen molar-refractivity contribution in [2.24, 2.45) is 5.92 Å². The van der Waals surface area contributed by atoms with Gasteiger partial charge in [-0.1, -0.05) is 41.8 Å². The van der Waals surface area contributed by atoms with Crippen LogP contribution in [0.2, 0.25) is 10.2 Å². The summed E-state index contributed by atoms with van der Waals surface area (Å²) in [6, 6.07) is 9.37. The number of fused-ring (bicyclic) bond motifs is 4. The van der Waals surface area contributed by atoms with Crippen LogP contribution in [0.5, 0.6) is 0 Å². The van der Waals surface area contributed by atoms with Gasteiger partial charge in [-0.25, -0.2) is 14.2 Å². The van der Waals surface area contributed by atoms with E-state index in [-0.39, 0.29) is 34.0 Å². The minimum atomic E-state index is -3.08. The van der Waals surface area contributed by atoms with Crippen molar-refractivity contribution in [3.8, 4) is 34.0 Å². The first-order chi connectivity index (χ1) is 20.7. The molecule has 11 nitrogen and oxygen atoms in total. The molecule has 0 spiro atoms. The Balaban J connectivity index is 1.52. The third-order valence-corrected chi connectivity index (χ3v) is 7.58. The highest BCUT2D eigenvalue weighted by atomic mass is 35.5. The summed E-state index contributed by atoms with van der Waals surface area (Å²) in [5.41, 5.74) is 1.53. The lowest BCUT2D eigenvalue weighted by Crippen LogP contribution is -2.24. The Hall–Kier alpha value is -4.49. The van der Waals surface area contributed by atoms with Crippen LogP contribution in [0.1, 0.15) is 38.4 Å². The molecule has 5 aromatic rings. The molecule has 1 aromatic carbocycles. The highest BCUT2D eigenvalue weighted by molar-refractivity contribution is 6.31. The lowest BCUT2D eigenvalue weighted by atomic mass is 9.99. The first-order valence-electron chi connectivity index (χ1n) is 13.3. The second kappa shape index (κ2) is 11.7. The van der Waals surface area contributed by atoms with Crippen molar-refractivity contribution in [2.45, 2.75) is 39.2 Å². The summed E-state index contributed by atoms with van der Waals surface area (Å²) in [5.74, 6) is -0.992. The van der Waals surface area contributed by atoms with Crippen LogP contribution in [-0.4, -0.2) is 45.2 Å². The Morgan fingerprint density at radius 1 is 1.07 bits per heavy atom. The molecule has 0 fully saturated rings. The summed E-state index contributed by atoms with van der Waals surface area (Å²) >= 11 is 12.2. The summed E-state index contributed by atoms with van der Waals surface area (Å²) in [5, 5.41) is 15.2. The minimum absolute atomic E-state index is 0.0350. The predicted octanol–water partition coefficient (Wildman–Crippen LogP) is 5.74. The summed E-state index contributed by atoms with van der Waals surface area (Å²) in [6.07, 6.45) is 6.98. The molecule has 5 heterocycles. The number of rotatable bonds is 4. The smallest absolute Gasteiger partial charge is 0.321 e. The van der Waals surface area contributed by atoms with Gasteiger partial charge in [-0.3, -0.25) is 14.6 Å². The molecule has 0 saturated heterocycles. The Morgan fingerprint density at radius 3 is 2.65 bits per heavy atom. The molecule has 43 heavy (non-hydrogen) atoms. The fourth-order valence-electron chi connectivity index (χ4n) is 5.00. The molecule has 1 aliphatic heterocycles. The van der Waals surface area contributed by atoms with Gasteiger partial charge in [0, 0.05) is 40.0 Å². The lowest BCUT2D eigenvalue weighted by molar-refractivity contribution is -0.119. The topological polar surface area (TPSA) is 125 Å². The second-order valence-corrected chi connectivity index (χ2v) is 10.9. The van der Waals surface area contributed by atoms with E-state index in [1.54, 1.807) is 37.3 Å². The summed E-state index contributed by atoms with van der Waals surface area (Å²) < 4.78 is 31.8. The normalized spacial score (nSPS) is 15.5. The Kier molecular flexibility index (Phi) is 7.75. The van der Waals surface area contributed by atoms with Gasteiger partial charge in [0.25, 0.3) is 5.56 Å². The fraction of sp³-hybridized carbons (Fsp3) is 0.250. The first-order valence-corrected chi connectivity index (χ1v) is 14.1. The monoisotopic (exact) mass is 625 g/mol. The molecular formula is C28H23Cl2F2N9O2. The number of hydrogen-bond donors (Lipinski definition) is 1. The van der Waals surface area contributed by atoms with Crippen molar-refractivity contribution in [1.82, 2.24) is 39.3 Å². The summed E-state index contributed by atoms with van der Waals surface area (Å²) in [4.78, 5) is 35.6. The van der Waals surface area contributed by atoms with Crippen LogP contribution in [0.4, 0.5) is 14.5 Å². The van der Waals surface area contributed by atoms with Gasteiger partial charge in [-0.15, -0.1) is 10.2 Å². The molecule has 1 atom stereocenters. The van der Waals surface area contributed by atoms with Crippen LogP contribution in [0.3, 0.4) is 0 Å². The van der Waals surface area contributed by atoms with Crippen LogP contribution in [-0.2, 0) is 11.2 Å². The van der Waals surface area contributed by atoms with Gasteiger partial charge in [0.2, 0.25) is 5.91 Å². The number of aromatic nitrogens is 8. The maximum absolute atomic E-state index is 14.4. The van der Waals surface area contributed by atoms with Gasteiger partial charge in [0.1, 0.15) is 17.7 Å². The number of pyridine rings is 1. The largest absolute Gasteiger partial charge is 0.333 e. The van der Waals surface area contributed by atoms with Crippen LogP contribution < -0.4 is 10.9 Å². The van der Waals surface area contributed by atoms with Crippen LogP contribution in [0.15, 0.2) is 59.9 Å². The van der Waals surface area contributed by atoms with Crippen LogP contribution >= 0.6 is 23.2 Å². The molecule has 0 unspecified atom stereocenters. The Bertz CT molecular complexity index is 1900. The summed E-state index contributed by atoms with van der Waals surface area (Å²) in [7, 11) is 0. The number of benzene rings is 1. The summed E-state index contributed by atoms with van der Waals surface area (Å²) in [6.45, 7) is -1.31. The fourth-order valence-corrected chi connectivity index (χ4v) is 5.30. The molecular weight excluding hydrogens is 603 g/mol. The zero-order chi connectivity index (χ0) is 30.2. The number of carbonyl (C=O) groups is 1. The number of anilines is 1. The maximum Gasteiger partial charge on any atom is 0.333 e. The molecule has 220 valence electrons. The number of amides is 1. The van der Waals surface area contributed by atoms with E-state index in [0.29, 0.717) is 39.4 Å². The third kappa shape index (κ3) is 5.65. The van der Waals surface area contributed by atoms with Gasteiger partial charge in [-0.05, 0) is 49.6 Å². The van der Waals surface area contributed by atoms with E-state index in [1.807, 2.05) is 0 Å². The van der Waals surface area contributed by atoms with E-state index >= 15 is 0 Å². The van der Waals surface area contributed by atoms with E-state index in [4.69, 9.17) is 23.2 Å². The average molecular weight is 626 g/mol. The number of nitrogens with one attached hydrogen (secondary N) is 1. The molecule has 1 aliphatic rings. The lowest BCUT2D eigenvalue weighted by Gasteiger charge is -2.16. The zero-order valence-corrected chi connectivity index (χ0v) is 24.1. The molecule has 4 aromatic heterocycles. The van der Waals surface area contributed by atoms with Crippen molar-refractivity contribution in [3.05, 3.63) is 81.3 Å². The van der Waals surface area contributed by atoms with Gasteiger partial charge in [0.15, 0.2) is 11.0 Å². The predicted molar refractivity (Wildman–Crippen MR) is 156 cm³/mol. The average Bonchev–Trinajstić information content (AvgIpc) is 3.58. The number of carbonyl (C=O) groups excluding carboxylic acids is 1. The molecule has 2 bridgehead atoms. The van der Waals surface area contributed by atoms with E-state index in [9.17, 15) is 18.4 Å². The highest BCUT2D eigenvalue weighted by Gasteiger charge is 2.29.